The Bertz CT molecular complexity index is 849. The van der Waals surface area contributed by atoms with E-state index in [9.17, 15) is 4.79 Å². The van der Waals surface area contributed by atoms with E-state index in [2.05, 4.69) is 15.5 Å². The molecule has 0 atom stereocenters. The van der Waals surface area contributed by atoms with Crippen molar-refractivity contribution in [1.29, 1.82) is 0 Å². The number of rotatable bonds is 5. The minimum atomic E-state index is -0.0881. The Morgan fingerprint density at radius 1 is 1.25 bits per heavy atom. The van der Waals surface area contributed by atoms with Crippen LogP contribution in [0.3, 0.4) is 0 Å². The van der Waals surface area contributed by atoms with Gasteiger partial charge < -0.3 is 9.84 Å². The fourth-order valence-electron chi connectivity index (χ4n) is 2.04. The molecule has 24 heavy (non-hydrogen) atoms. The molecule has 2 aromatic carbocycles. The lowest BCUT2D eigenvalue weighted by atomic mass is 10.2. The van der Waals surface area contributed by atoms with Crippen molar-refractivity contribution in [3.8, 4) is 11.4 Å². The molecular weight excluding hydrogens is 346 g/mol. The second-order valence-corrected chi connectivity index (χ2v) is 6.50. The highest BCUT2D eigenvalue weighted by Gasteiger charge is 2.09. The van der Waals surface area contributed by atoms with Crippen molar-refractivity contribution in [3.05, 3.63) is 59.4 Å². The van der Waals surface area contributed by atoms with Crippen LogP contribution in [0, 0.1) is 0 Å². The molecule has 0 unspecified atom stereocenters. The van der Waals surface area contributed by atoms with Crippen LogP contribution < -0.4 is 5.32 Å². The molecule has 1 aromatic heterocycles. The van der Waals surface area contributed by atoms with E-state index < -0.39 is 0 Å². The van der Waals surface area contributed by atoms with E-state index in [0.717, 1.165) is 16.1 Å². The molecule has 0 bridgehead atoms. The van der Waals surface area contributed by atoms with Gasteiger partial charge in [0.05, 0.1) is 5.75 Å². The first-order valence-corrected chi connectivity index (χ1v) is 8.55. The molecule has 122 valence electrons. The second-order valence-electron chi connectivity index (χ2n) is 5.02. The quantitative estimate of drug-likeness (QED) is 0.672. The molecule has 0 fully saturated rings. The zero-order chi connectivity index (χ0) is 16.9. The van der Waals surface area contributed by atoms with Gasteiger partial charge in [0.25, 0.3) is 0 Å². The van der Waals surface area contributed by atoms with Crippen molar-refractivity contribution in [1.82, 2.24) is 10.1 Å². The number of nitrogens with zero attached hydrogens (tertiary/aromatic N) is 2. The van der Waals surface area contributed by atoms with Gasteiger partial charge >= 0.3 is 0 Å². The fourth-order valence-corrected chi connectivity index (χ4v) is 2.97. The van der Waals surface area contributed by atoms with Gasteiger partial charge in [0.2, 0.25) is 17.6 Å². The minimum absolute atomic E-state index is 0.0881. The Morgan fingerprint density at radius 2 is 2.04 bits per heavy atom. The molecule has 1 amide bonds. The molecular formula is C17H14ClN3O2S. The van der Waals surface area contributed by atoms with E-state index in [1.807, 2.05) is 36.4 Å². The van der Waals surface area contributed by atoms with Crippen LogP contribution in [0.2, 0.25) is 5.02 Å². The van der Waals surface area contributed by atoms with Gasteiger partial charge in [-0.25, -0.2) is 0 Å². The number of nitrogens with one attached hydrogen (secondary N) is 1. The molecule has 0 saturated carbocycles. The van der Waals surface area contributed by atoms with Crippen molar-refractivity contribution in [2.45, 2.75) is 17.6 Å². The summed E-state index contributed by atoms with van der Waals surface area (Å²) in [7, 11) is 0. The lowest BCUT2D eigenvalue weighted by Gasteiger charge is -2.03. The number of hydrogen-bond acceptors (Lipinski definition) is 5. The molecule has 3 rings (SSSR count). The fraction of sp³-hybridized carbons (Fsp3) is 0.118. The molecule has 7 heteroatoms. The summed E-state index contributed by atoms with van der Waals surface area (Å²) in [5, 5.41) is 7.34. The van der Waals surface area contributed by atoms with Gasteiger partial charge in [0, 0.05) is 28.1 Å². The maximum atomic E-state index is 11.0. The minimum Gasteiger partial charge on any atom is -0.338 e. The van der Waals surface area contributed by atoms with Gasteiger partial charge in [-0.1, -0.05) is 28.9 Å². The van der Waals surface area contributed by atoms with Crippen LogP contribution in [0.1, 0.15) is 12.8 Å². The Kier molecular flexibility index (Phi) is 5.17. The summed E-state index contributed by atoms with van der Waals surface area (Å²) in [4.78, 5) is 16.4. The molecule has 0 saturated heterocycles. The molecule has 0 aliphatic rings. The van der Waals surface area contributed by atoms with Gasteiger partial charge in [0.15, 0.2) is 0 Å². The number of hydrogen-bond donors (Lipinski definition) is 1. The summed E-state index contributed by atoms with van der Waals surface area (Å²) in [6, 6.07) is 14.9. The van der Waals surface area contributed by atoms with E-state index in [-0.39, 0.29) is 5.91 Å². The summed E-state index contributed by atoms with van der Waals surface area (Å²) < 4.78 is 5.27. The van der Waals surface area contributed by atoms with Crippen molar-refractivity contribution in [2.24, 2.45) is 0 Å². The van der Waals surface area contributed by atoms with Crippen molar-refractivity contribution < 1.29 is 9.32 Å². The van der Waals surface area contributed by atoms with Gasteiger partial charge in [-0.05, 0) is 36.4 Å². The van der Waals surface area contributed by atoms with Crippen LogP contribution in [-0.4, -0.2) is 16.0 Å². The largest absolute Gasteiger partial charge is 0.338 e. The first-order chi connectivity index (χ1) is 11.6. The van der Waals surface area contributed by atoms with Crippen LogP contribution in [0.4, 0.5) is 5.69 Å². The lowest BCUT2D eigenvalue weighted by Crippen LogP contribution is -2.05. The third kappa shape index (κ3) is 4.37. The average molecular weight is 360 g/mol. The van der Waals surface area contributed by atoms with E-state index >= 15 is 0 Å². The van der Waals surface area contributed by atoms with Crippen molar-refractivity contribution in [3.63, 3.8) is 0 Å². The van der Waals surface area contributed by atoms with Crippen LogP contribution in [0.25, 0.3) is 11.4 Å². The highest BCUT2D eigenvalue weighted by Crippen LogP contribution is 2.25. The molecule has 1 N–H and O–H groups in total. The Hall–Kier alpha value is -2.31. The second kappa shape index (κ2) is 7.51. The Labute approximate surface area is 148 Å². The van der Waals surface area contributed by atoms with E-state index in [1.54, 1.807) is 23.9 Å². The summed E-state index contributed by atoms with van der Waals surface area (Å²) in [6.45, 7) is 1.48. The van der Waals surface area contributed by atoms with Gasteiger partial charge in [-0.3, -0.25) is 4.79 Å². The molecule has 3 aromatic rings. The van der Waals surface area contributed by atoms with Gasteiger partial charge in [0.1, 0.15) is 0 Å². The number of anilines is 1. The standard InChI is InChI=1S/C17H14ClN3O2S/c1-11(22)19-14-5-7-15(8-6-14)24-10-16-20-17(21-23-16)12-3-2-4-13(18)9-12/h2-9H,10H2,1H3,(H,19,22). The maximum absolute atomic E-state index is 11.0. The number of amides is 1. The predicted octanol–water partition coefficient (Wildman–Crippen LogP) is 4.64. The topological polar surface area (TPSA) is 68.0 Å². The third-order valence-electron chi connectivity index (χ3n) is 3.09. The molecule has 0 aliphatic carbocycles. The molecule has 0 spiro atoms. The highest BCUT2D eigenvalue weighted by molar-refractivity contribution is 7.98. The summed E-state index contributed by atoms with van der Waals surface area (Å²) >= 11 is 7.55. The SMILES string of the molecule is CC(=O)Nc1ccc(SCc2nc(-c3cccc(Cl)c3)no2)cc1. The zero-order valence-electron chi connectivity index (χ0n) is 12.8. The highest BCUT2D eigenvalue weighted by atomic mass is 35.5. The monoisotopic (exact) mass is 359 g/mol. The smallest absolute Gasteiger partial charge is 0.237 e. The molecule has 1 heterocycles. The zero-order valence-corrected chi connectivity index (χ0v) is 14.4. The van der Waals surface area contributed by atoms with E-state index in [4.69, 9.17) is 16.1 Å². The summed E-state index contributed by atoms with van der Waals surface area (Å²) in [5.74, 6) is 1.54. The number of carbonyl (C=O) groups is 1. The van der Waals surface area contributed by atoms with Gasteiger partial charge in [-0.2, -0.15) is 4.98 Å². The number of carbonyl (C=O) groups excluding carboxylic acids is 1. The van der Waals surface area contributed by atoms with Crippen molar-refractivity contribution in [2.75, 3.05) is 5.32 Å². The molecule has 5 nitrogen and oxygen atoms in total. The molecule has 0 aliphatic heterocycles. The molecule has 0 radical (unpaired) electrons. The van der Waals surface area contributed by atoms with E-state index in [1.165, 1.54) is 6.92 Å². The van der Waals surface area contributed by atoms with Crippen LogP contribution in [0.5, 0.6) is 0 Å². The number of aromatic nitrogens is 2. The Balaban J connectivity index is 1.62. The summed E-state index contributed by atoms with van der Waals surface area (Å²) in [5.41, 5.74) is 1.59. The van der Waals surface area contributed by atoms with Crippen LogP contribution in [-0.2, 0) is 10.5 Å². The summed E-state index contributed by atoms with van der Waals surface area (Å²) in [6.07, 6.45) is 0. The van der Waals surface area contributed by atoms with Crippen LogP contribution in [0.15, 0.2) is 57.9 Å². The van der Waals surface area contributed by atoms with Gasteiger partial charge in [-0.15, -0.1) is 11.8 Å². The Morgan fingerprint density at radius 3 is 2.75 bits per heavy atom. The maximum Gasteiger partial charge on any atom is 0.237 e. The number of halogens is 1. The predicted molar refractivity (Wildman–Crippen MR) is 95.1 cm³/mol. The van der Waals surface area contributed by atoms with E-state index in [0.29, 0.717) is 22.5 Å². The van der Waals surface area contributed by atoms with Crippen LogP contribution >= 0.6 is 23.4 Å². The first kappa shape index (κ1) is 16.5. The number of thioether (sulfide) groups is 1. The number of benzene rings is 2. The third-order valence-corrected chi connectivity index (χ3v) is 4.32. The van der Waals surface area contributed by atoms with Crippen molar-refractivity contribution >= 4 is 35.0 Å². The normalized spacial score (nSPS) is 10.6. The first-order valence-electron chi connectivity index (χ1n) is 7.19. The lowest BCUT2D eigenvalue weighted by molar-refractivity contribution is -0.114. The average Bonchev–Trinajstić information content (AvgIpc) is 3.03.